The largest absolute Gasteiger partial charge is 0.302 e. The highest BCUT2D eigenvalue weighted by Crippen LogP contribution is 1.78. The number of carbonyl (C=O) groups is 1. The van der Waals surface area contributed by atoms with E-state index in [4.69, 9.17) is 0 Å². The summed E-state index contributed by atoms with van der Waals surface area (Å²) in [6.45, 7) is 0. The van der Waals surface area contributed by atoms with Gasteiger partial charge in [0, 0.05) is 13.2 Å². The number of aldehydes is 1. The van der Waals surface area contributed by atoms with E-state index >= 15 is 0 Å². The van der Waals surface area contributed by atoms with Gasteiger partial charge in [-0.2, -0.15) is 0 Å². The van der Waals surface area contributed by atoms with Gasteiger partial charge in [-0.3, -0.25) is 9.59 Å². The van der Waals surface area contributed by atoms with E-state index in [1.807, 2.05) is 0 Å². The first kappa shape index (κ1) is 6.67. The van der Waals surface area contributed by atoms with Gasteiger partial charge in [0.1, 0.15) is 0 Å². The Kier molecular flexibility index (Phi) is 1.62. The zero-order valence-corrected chi connectivity index (χ0v) is 5.44. The summed E-state index contributed by atoms with van der Waals surface area (Å²) in [6, 6.07) is 0. The van der Waals surface area contributed by atoms with Gasteiger partial charge < -0.3 is 4.57 Å². The molecule has 0 atom stereocenters. The molecule has 0 N–H and O–H groups in total. The fraction of sp³-hybridized carbons (Fsp3) is 0.167. The van der Waals surface area contributed by atoms with E-state index in [2.05, 4.69) is 4.98 Å². The van der Waals surface area contributed by atoms with Crippen LogP contribution in [0.3, 0.4) is 0 Å². The highest BCUT2D eigenvalue weighted by atomic mass is 16.1. The molecule has 0 bridgehead atoms. The summed E-state index contributed by atoms with van der Waals surface area (Å²) < 4.78 is 1.25. The fourth-order valence-corrected chi connectivity index (χ4v) is 0.606. The van der Waals surface area contributed by atoms with Crippen LogP contribution in [0.5, 0.6) is 0 Å². The van der Waals surface area contributed by atoms with Crippen molar-refractivity contribution >= 4 is 6.29 Å². The topological polar surface area (TPSA) is 52.0 Å². The third-order valence-corrected chi connectivity index (χ3v) is 1.15. The van der Waals surface area contributed by atoms with E-state index in [9.17, 15) is 9.59 Å². The Morgan fingerprint density at radius 2 is 2.40 bits per heavy atom. The molecule has 52 valence electrons. The monoisotopic (exact) mass is 138 g/mol. The first-order chi connectivity index (χ1) is 4.75. The highest BCUT2D eigenvalue weighted by molar-refractivity contribution is 5.73. The lowest BCUT2D eigenvalue weighted by atomic mass is 10.4. The van der Waals surface area contributed by atoms with Gasteiger partial charge in [0.2, 0.25) is 0 Å². The van der Waals surface area contributed by atoms with Crippen LogP contribution in [0.4, 0.5) is 0 Å². The molecule has 0 fully saturated rings. The van der Waals surface area contributed by atoms with Gasteiger partial charge in [-0.25, -0.2) is 4.98 Å². The summed E-state index contributed by atoms with van der Waals surface area (Å²) in [5.74, 6) is 0. The maximum absolute atomic E-state index is 10.9. The Balaban J connectivity index is 3.42. The highest BCUT2D eigenvalue weighted by Gasteiger charge is 1.96. The van der Waals surface area contributed by atoms with Crippen LogP contribution >= 0.6 is 0 Å². The van der Waals surface area contributed by atoms with Crippen molar-refractivity contribution in [2.24, 2.45) is 7.05 Å². The quantitative estimate of drug-likeness (QED) is 0.496. The van der Waals surface area contributed by atoms with E-state index in [1.165, 1.54) is 17.1 Å². The van der Waals surface area contributed by atoms with Crippen LogP contribution in [0, 0.1) is 0 Å². The van der Waals surface area contributed by atoms with E-state index < -0.39 is 0 Å². The van der Waals surface area contributed by atoms with Crippen molar-refractivity contribution in [2.75, 3.05) is 0 Å². The van der Waals surface area contributed by atoms with Crippen molar-refractivity contribution in [3.05, 3.63) is 28.4 Å². The fourth-order valence-electron chi connectivity index (χ4n) is 0.606. The maximum Gasteiger partial charge on any atom is 0.263 e. The number of hydrogen-bond acceptors (Lipinski definition) is 3. The molecular weight excluding hydrogens is 132 g/mol. The Labute approximate surface area is 57.1 Å². The maximum atomic E-state index is 10.9. The van der Waals surface area contributed by atoms with E-state index in [0.717, 1.165) is 0 Å². The summed E-state index contributed by atoms with van der Waals surface area (Å²) in [5, 5.41) is 0. The van der Waals surface area contributed by atoms with Crippen LogP contribution < -0.4 is 5.56 Å². The standard InChI is InChI=1S/C6H6N2O2/c1-8-4-7-2-5(3-9)6(8)10/h2-4H,1H3. The molecule has 4 nitrogen and oxygen atoms in total. The van der Waals surface area contributed by atoms with Gasteiger partial charge in [0.05, 0.1) is 11.9 Å². The average molecular weight is 138 g/mol. The van der Waals surface area contributed by atoms with E-state index in [1.54, 1.807) is 7.05 Å². The lowest BCUT2D eigenvalue weighted by Gasteiger charge is -1.93. The predicted molar refractivity (Wildman–Crippen MR) is 34.9 cm³/mol. The molecule has 1 heterocycles. The van der Waals surface area contributed by atoms with Crippen LogP contribution in [0.2, 0.25) is 0 Å². The van der Waals surface area contributed by atoms with Crippen molar-refractivity contribution in [1.29, 1.82) is 0 Å². The minimum Gasteiger partial charge on any atom is -0.302 e. The van der Waals surface area contributed by atoms with Gasteiger partial charge in [-0.05, 0) is 0 Å². The number of hydrogen-bond donors (Lipinski definition) is 0. The molecule has 0 saturated heterocycles. The summed E-state index contributed by atoms with van der Waals surface area (Å²) >= 11 is 0. The third-order valence-electron chi connectivity index (χ3n) is 1.15. The molecule has 0 aliphatic heterocycles. The molecule has 0 aromatic carbocycles. The molecule has 1 aromatic rings. The second-order valence-electron chi connectivity index (χ2n) is 1.88. The summed E-state index contributed by atoms with van der Waals surface area (Å²) in [7, 11) is 1.54. The number of carbonyl (C=O) groups excluding carboxylic acids is 1. The van der Waals surface area contributed by atoms with Crippen LogP contribution in [0.1, 0.15) is 10.4 Å². The van der Waals surface area contributed by atoms with Crippen LogP contribution in [-0.2, 0) is 7.05 Å². The third kappa shape index (κ3) is 0.953. The van der Waals surface area contributed by atoms with Crippen LogP contribution in [0.25, 0.3) is 0 Å². The Morgan fingerprint density at radius 3 is 2.90 bits per heavy atom. The van der Waals surface area contributed by atoms with Crippen molar-refractivity contribution in [3.63, 3.8) is 0 Å². The molecule has 0 radical (unpaired) electrons. The zero-order chi connectivity index (χ0) is 7.56. The smallest absolute Gasteiger partial charge is 0.263 e. The Bertz CT molecular complexity index is 303. The van der Waals surface area contributed by atoms with Crippen molar-refractivity contribution < 1.29 is 4.79 Å². The second kappa shape index (κ2) is 2.43. The van der Waals surface area contributed by atoms with Crippen molar-refractivity contribution in [2.45, 2.75) is 0 Å². The summed E-state index contributed by atoms with van der Waals surface area (Å²) in [5.41, 5.74) is -0.227. The molecule has 4 heteroatoms. The molecule has 0 unspecified atom stereocenters. The molecule has 0 aliphatic rings. The lowest BCUT2D eigenvalue weighted by molar-refractivity contribution is 0.112. The van der Waals surface area contributed by atoms with Gasteiger partial charge in [0.25, 0.3) is 5.56 Å². The SMILES string of the molecule is Cn1cncc(C=O)c1=O. The minimum atomic E-state index is -0.315. The minimum absolute atomic E-state index is 0.0880. The predicted octanol–water partition coefficient (Wildman–Crippen LogP) is -0.407. The Morgan fingerprint density at radius 1 is 1.70 bits per heavy atom. The molecule has 1 rings (SSSR count). The van der Waals surface area contributed by atoms with Crippen LogP contribution in [0.15, 0.2) is 17.3 Å². The van der Waals surface area contributed by atoms with Gasteiger partial charge in [-0.1, -0.05) is 0 Å². The van der Waals surface area contributed by atoms with Gasteiger partial charge >= 0.3 is 0 Å². The van der Waals surface area contributed by atoms with Gasteiger partial charge in [-0.15, -0.1) is 0 Å². The van der Waals surface area contributed by atoms with Gasteiger partial charge in [0.15, 0.2) is 6.29 Å². The lowest BCUT2D eigenvalue weighted by Crippen LogP contribution is -2.20. The molecular formula is C6H6N2O2. The summed E-state index contributed by atoms with van der Waals surface area (Å²) in [4.78, 5) is 24.7. The number of nitrogens with zero attached hydrogens (tertiary/aromatic N) is 2. The normalized spacial score (nSPS) is 9.30. The van der Waals surface area contributed by atoms with E-state index in [-0.39, 0.29) is 11.1 Å². The molecule has 0 amide bonds. The molecule has 0 aliphatic carbocycles. The second-order valence-corrected chi connectivity index (χ2v) is 1.88. The molecule has 0 spiro atoms. The van der Waals surface area contributed by atoms with Crippen LogP contribution in [-0.4, -0.2) is 15.8 Å². The first-order valence-electron chi connectivity index (χ1n) is 2.71. The Hall–Kier alpha value is -1.45. The number of aromatic nitrogens is 2. The molecule has 10 heavy (non-hydrogen) atoms. The number of rotatable bonds is 1. The van der Waals surface area contributed by atoms with E-state index in [0.29, 0.717) is 6.29 Å². The average Bonchev–Trinajstić information content (AvgIpc) is 1.95. The van der Waals surface area contributed by atoms with Crippen molar-refractivity contribution in [3.8, 4) is 0 Å². The molecule has 0 saturated carbocycles. The molecule has 1 aromatic heterocycles. The summed E-state index contributed by atoms with van der Waals surface area (Å²) in [6.07, 6.45) is 3.10. The first-order valence-corrected chi connectivity index (χ1v) is 2.71. The van der Waals surface area contributed by atoms with Crippen molar-refractivity contribution in [1.82, 2.24) is 9.55 Å². The number of aryl methyl sites for hydroxylation is 1. The zero-order valence-electron chi connectivity index (χ0n) is 5.44.